The van der Waals surface area contributed by atoms with E-state index >= 15 is 0 Å². The molecule has 1 atom stereocenters. The second-order valence-electron chi connectivity index (χ2n) is 4.40. The predicted octanol–water partition coefficient (Wildman–Crippen LogP) is 0.534. The summed E-state index contributed by atoms with van der Waals surface area (Å²) in [4.78, 5) is 12.0. The van der Waals surface area contributed by atoms with Gasteiger partial charge in [-0.05, 0) is 24.6 Å². The highest BCUT2D eigenvalue weighted by molar-refractivity contribution is 7.92. The van der Waals surface area contributed by atoms with Crippen LogP contribution in [0.1, 0.15) is 12.5 Å². The molecule has 3 N–H and O–H groups in total. The maximum absolute atomic E-state index is 12.0. The van der Waals surface area contributed by atoms with E-state index in [0.717, 1.165) is 5.56 Å². The number of carbonyl (C=O) groups excluding carboxylic acids is 1. The molecule has 112 valence electrons. The van der Waals surface area contributed by atoms with Gasteiger partial charge in [-0.1, -0.05) is 12.1 Å². The van der Waals surface area contributed by atoms with Gasteiger partial charge in [-0.25, -0.2) is 8.42 Å². The van der Waals surface area contributed by atoms with Gasteiger partial charge in [-0.15, -0.1) is 0 Å². The molecule has 0 heterocycles. The van der Waals surface area contributed by atoms with E-state index in [1.807, 2.05) is 6.07 Å². The van der Waals surface area contributed by atoms with Crippen LogP contribution in [0, 0.1) is 0 Å². The van der Waals surface area contributed by atoms with E-state index in [-0.39, 0.29) is 12.4 Å². The Morgan fingerprint density at radius 2 is 2.15 bits per heavy atom. The molecule has 0 aromatic heterocycles. The Balaban J connectivity index is 2.74. The van der Waals surface area contributed by atoms with Crippen molar-refractivity contribution in [1.82, 2.24) is 0 Å². The van der Waals surface area contributed by atoms with Gasteiger partial charge in [0.15, 0.2) is 9.84 Å². The van der Waals surface area contributed by atoms with Crippen molar-refractivity contribution in [3.63, 3.8) is 0 Å². The van der Waals surface area contributed by atoms with Crippen molar-refractivity contribution in [3.05, 3.63) is 29.8 Å². The number of amides is 1. The van der Waals surface area contributed by atoms with Gasteiger partial charge >= 0.3 is 0 Å². The Hall–Kier alpha value is -1.44. The smallest absolute Gasteiger partial charge is 0.242 e. The molecule has 0 saturated carbocycles. The van der Waals surface area contributed by atoms with Crippen LogP contribution in [0.25, 0.3) is 0 Å². The highest BCUT2D eigenvalue weighted by Gasteiger charge is 2.27. The van der Waals surface area contributed by atoms with Crippen LogP contribution >= 0.6 is 0 Å². The molecule has 1 amide bonds. The molecule has 6 nitrogen and oxygen atoms in total. The number of nitrogens with two attached hydrogens (primary N) is 1. The molecular formula is C13H20N2O4S. The molecule has 1 rings (SSSR count). The number of methoxy groups -OCH3 is 1. The van der Waals surface area contributed by atoms with Crippen molar-refractivity contribution in [2.75, 3.05) is 24.8 Å². The molecule has 0 spiro atoms. The molecule has 0 saturated heterocycles. The summed E-state index contributed by atoms with van der Waals surface area (Å²) >= 11 is 0. The van der Waals surface area contributed by atoms with E-state index in [2.05, 4.69) is 5.32 Å². The molecule has 0 aliphatic carbocycles. The molecule has 1 unspecified atom stereocenters. The van der Waals surface area contributed by atoms with E-state index in [0.29, 0.717) is 12.2 Å². The van der Waals surface area contributed by atoms with E-state index in [9.17, 15) is 13.2 Å². The zero-order chi connectivity index (χ0) is 15.2. The van der Waals surface area contributed by atoms with Gasteiger partial charge in [0.05, 0.1) is 12.4 Å². The van der Waals surface area contributed by atoms with Crippen molar-refractivity contribution in [1.29, 1.82) is 0 Å². The number of anilines is 1. The quantitative estimate of drug-likeness (QED) is 0.765. The topological polar surface area (TPSA) is 98.5 Å². The third-order valence-electron chi connectivity index (χ3n) is 2.91. The van der Waals surface area contributed by atoms with Gasteiger partial charge in [-0.2, -0.15) is 0 Å². The highest BCUT2D eigenvalue weighted by atomic mass is 32.2. The number of rotatable bonds is 7. The molecular weight excluding hydrogens is 280 g/mol. The summed E-state index contributed by atoms with van der Waals surface area (Å²) in [5.74, 6) is -0.740. The number of hydrogen-bond donors (Lipinski definition) is 2. The normalized spacial score (nSPS) is 12.9. The molecule has 0 aliphatic rings. The first-order chi connectivity index (χ1) is 9.40. The van der Waals surface area contributed by atoms with Crippen LogP contribution in [-0.4, -0.2) is 39.0 Å². The summed E-state index contributed by atoms with van der Waals surface area (Å²) in [6.07, 6.45) is 0. The Bertz CT molecular complexity index is 557. The summed E-state index contributed by atoms with van der Waals surface area (Å²) in [6.45, 7) is 1.79. The molecule has 0 fully saturated rings. The zero-order valence-electron chi connectivity index (χ0n) is 11.6. The Morgan fingerprint density at radius 1 is 1.45 bits per heavy atom. The molecule has 1 aromatic carbocycles. The summed E-state index contributed by atoms with van der Waals surface area (Å²) in [6, 6.07) is 6.98. The predicted molar refractivity (Wildman–Crippen MR) is 78.1 cm³/mol. The largest absolute Gasteiger partial charge is 0.384 e. The fourth-order valence-corrected chi connectivity index (χ4v) is 2.70. The number of hydrogen-bond acceptors (Lipinski definition) is 5. The first-order valence-corrected chi connectivity index (χ1v) is 7.92. The van der Waals surface area contributed by atoms with Gasteiger partial charge in [0.2, 0.25) is 5.91 Å². The SMILES string of the molecule is COCCS(=O)(=O)C(C)C(=O)Nc1cccc(CN)c1. The van der Waals surface area contributed by atoms with Gasteiger partial charge in [0.1, 0.15) is 5.25 Å². The van der Waals surface area contributed by atoms with Crippen molar-refractivity contribution in [3.8, 4) is 0 Å². The van der Waals surface area contributed by atoms with Crippen LogP contribution in [0.5, 0.6) is 0 Å². The van der Waals surface area contributed by atoms with E-state index in [4.69, 9.17) is 10.5 Å². The maximum Gasteiger partial charge on any atom is 0.242 e. The van der Waals surface area contributed by atoms with Crippen LogP contribution in [0.4, 0.5) is 5.69 Å². The number of sulfone groups is 1. The second-order valence-corrected chi connectivity index (χ2v) is 6.84. The minimum atomic E-state index is -3.52. The Labute approximate surface area is 119 Å². The van der Waals surface area contributed by atoms with Crippen molar-refractivity contribution < 1.29 is 17.9 Å². The van der Waals surface area contributed by atoms with Crippen molar-refractivity contribution >= 4 is 21.4 Å². The lowest BCUT2D eigenvalue weighted by Gasteiger charge is -2.13. The molecule has 0 bridgehead atoms. The molecule has 0 aliphatic heterocycles. The highest BCUT2D eigenvalue weighted by Crippen LogP contribution is 2.12. The second kappa shape index (κ2) is 7.37. The first-order valence-electron chi connectivity index (χ1n) is 6.21. The molecule has 0 radical (unpaired) electrons. The van der Waals surface area contributed by atoms with E-state index in [1.54, 1.807) is 18.2 Å². The average Bonchev–Trinajstić information content (AvgIpc) is 2.44. The third-order valence-corrected chi connectivity index (χ3v) is 4.94. The van der Waals surface area contributed by atoms with Crippen LogP contribution < -0.4 is 11.1 Å². The minimum Gasteiger partial charge on any atom is -0.384 e. The van der Waals surface area contributed by atoms with Gasteiger partial charge in [-0.3, -0.25) is 4.79 Å². The summed E-state index contributed by atoms with van der Waals surface area (Å²) in [7, 11) is -2.10. The van der Waals surface area contributed by atoms with E-state index in [1.165, 1.54) is 14.0 Å². The number of carbonyl (C=O) groups is 1. The maximum atomic E-state index is 12.0. The lowest BCUT2D eigenvalue weighted by atomic mass is 10.2. The Morgan fingerprint density at radius 3 is 2.75 bits per heavy atom. The van der Waals surface area contributed by atoms with Crippen LogP contribution in [0.15, 0.2) is 24.3 Å². The van der Waals surface area contributed by atoms with Crippen molar-refractivity contribution in [2.24, 2.45) is 5.73 Å². The summed E-state index contributed by atoms with van der Waals surface area (Å²) in [5.41, 5.74) is 6.90. The lowest BCUT2D eigenvalue weighted by Crippen LogP contribution is -2.35. The summed E-state index contributed by atoms with van der Waals surface area (Å²) in [5, 5.41) is 1.46. The number of ether oxygens (including phenoxy) is 1. The van der Waals surface area contributed by atoms with Gasteiger partial charge < -0.3 is 15.8 Å². The van der Waals surface area contributed by atoms with Gasteiger partial charge in [0, 0.05) is 19.3 Å². The van der Waals surface area contributed by atoms with Crippen LogP contribution in [0.3, 0.4) is 0 Å². The van der Waals surface area contributed by atoms with Crippen molar-refractivity contribution in [2.45, 2.75) is 18.7 Å². The monoisotopic (exact) mass is 300 g/mol. The molecule has 20 heavy (non-hydrogen) atoms. The van der Waals surface area contributed by atoms with Crippen LogP contribution in [-0.2, 0) is 25.9 Å². The van der Waals surface area contributed by atoms with Gasteiger partial charge in [0.25, 0.3) is 0 Å². The third kappa shape index (κ3) is 4.59. The zero-order valence-corrected chi connectivity index (χ0v) is 12.4. The first kappa shape index (κ1) is 16.6. The van der Waals surface area contributed by atoms with E-state index < -0.39 is 21.0 Å². The number of nitrogens with one attached hydrogen (secondary N) is 1. The minimum absolute atomic E-state index is 0.0720. The Kier molecular flexibility index (Phi) is 6.12. The summed E-state index contributed by atoms with van der Waals surface area (Å²) < 4.78 is 28.5. The fraction of sp³-hybridized carbons (Fsp3) is 0.462. The standard InChI is InChI=1S/C13H20N2O4S/c1-10(20(17,18)7-6-19-2)13(16)15-12-5-3-4-11(8-12)9-14/h3-5,8,10H,6-7,9,14H2,1-2H3,(H,15,16). The number of benzene rings is 1. The average molecular weight is 300 g/mol. The fourth-order valence-electron chi connectivity index (χ4n) is 1.56. The van der Waals surface area contributed by atoms with Crippen LogP contribution in [0.2, 0.25) is 0 Å². The lowest BCUT2D eigenvalue weighted by molar-refractivity contribution is -0.115. The molecule has 7 heteroatoms. The molecule has 1 aromatic rings.